The molecule has 2 aromatic carbocycles. The fourth-order valence-electron chi connectivity index (χ4n) is 1.63. The van der Waals surface area contributed by atoms with E-state index in [1.165, 1.54) is 18.3 Å². The Morgan fingerprint density at radius 3 is 2.73 bits per heavy atom. The van der Waals surface area contributed by atoms with Gasteiger partial charge < -0.3 is 5.11 Å². The molecule has 1 amide bonds. The van der Waals surface area contributed by atoms with Crippen molar-refractivity contribution in [1.29, 1.82) is 0 Å². The Hall–Kier alpha value is -2.74. The summed E-state index contributed by atoms with van der Waals surface area (Å²) in [7, 11) is 0. The molecule has 0 atom stereocenters. The predicted molar refractivity (Wildman–Crippen MR) is 84.0 cm³/mol. The summed E-state index contributed by atoms with van der Waals surface area (Å²) in [6.45, 7) is 0. The molecule has 0 unspecified atom stereocenters. The lowest BCUT2D eigenvalue weighted by Crippen LogP contribution is -2.17. The average molecular weight is 364 g/mol. The minimum absolute atomic E-state index is 0.393. The van der Waals surface area contributed by atoms with Gasteiger partial charge in [-0.15, -0.1) is 0 Å². The monoisotopic (exact) mass is 363 g/mol. The van der Waals surface area contributed by atoms with Gasteiger partial charge in [0.05, 0.1) is 11.1 Å². The molecule has 0 spiro atoms. The van der Waals surface area contributed by atoms with Crippen LogP contribution in [0.15, 0.2) is 52.0 Å². The first-order chi connectivity index (χ1) is 10.5. The SMILES string of the molecule is O=C(N/N=C\c1ccc([N+](=O)[O-])c(O)c1)c1cccc(Br)c1. The van der Waals surface area contributed by atoms with E-state index in [2.05, 4.69) is 26.5 Å². The first-order valence-corrected chi connectivity index (χ1v) is 6.83. The van der Waals surface area contributed by atoms with Gasteiger partial charge in [-0.2, -0.15) is 5.10 Å². The zero-order valence-corrected chi connectivity index (χ0v) is 12.6. The molecule has 0 saturated heterocycles. The number of nitrogens with one attached hydrogen (secondary N) is 1. The Labute approximate surface area is 133 Å². The van der Waals surface area contributed by atoms with Gasteiger partial charge in [-0.05, 0) is 35.9 Å². The number of nitro groups is 1. The number of aromatic hydroxyl groups is 1. The number of benzene rings is 2. The highest BCUT2D eigenvalue weighted by Crippen LogP contribution is 2.25. The van der Waals surface area contributed by atoms with Crippen molar-refractivity contribution in [2.75, 3.05) is 0 Å². The van der Waals surface area contributed by atoms with Crippen LogP contribution < -0.4 is 5.43 Å². The van der Waals surface area contributed by atoms with Gasteiger partial charge in [-0.1, -0.05) is 22.0 Å². The fraction of sp³-hybridized carbons (Fsp3) is 0. The van der Waals surface area contributed by atoms with Crippen LogP contribution in [-0.4, -0.2) is 22.2 Å². The molecule has 2 N–H and O–H groups in total. The summed E-state index contributed by atoms with van der Waals surface area (Å²) in [5.74, 6) is -0.865. The molecule has 0 aliphatic heterocycles. The maximum Gasteiger partial charge on any atom is 0.310 e. The molecular formula is C14H10BrN3O4. The van der Waals surface area contributed by atoms with Crippen molar-refractivity contribution >= 4 is 33.7 Å². The number of halogens is 1. The average Bonchev–Trinajstić information content (AvgIpc) is 2.46. The van der Waals surface area contributed by atoms with E-state index in [-0.39, 0.29) is 0 Å². The topological polar surface area (TPSA) is 105 Å². The summed E-state index contributed by atoms with van der Waals surface area (Å²) in [4.78, 5) is 21.7. The standard InChI is InChI=1S/C14H10BrN3O4/c15-11-3-1-2-10(7-11)14(20)17-16-8-9-4-5-12(18(21)22)13(19)6-9/h1-8,19H,(H,17,20)/b16-8-. The number of rotatable bonds is 4. The molecule has 0 aliphatic carbocycles. The number of amides is 1. The molecule has 2 aromatic rings. The number of carbonyl (C=O) groups excluding carboxylic acids is 1. The number of hydrazone groups is 1. The van der Waals surface area contributed by atoms with Crippen LogP contribution in [0.25, 0.3) is 0 Å². The van der Waals surface area contributed by atoms with E-state index >= 15 is 0 Å². The normalized spacial score (nSPS) is 10.6. The van der Waals surface area contributed by atoms with Crippen LogP contribution in [0.3, 0.4) is 0 Å². The predicted octanol–water partition coefficient (Wildman–Crippen LogP) is 2.83. The molecule has 0 saturated carbocycles. The molecule has 22 heavy (non-hydrogen) atoms. The number of hydrogen-bond donors (Lipinski definition) is 2. The Bertz CT molecular complexity index is 762. The van der Waals surface area contributed by atoms with Gasteiger partial charge in [0.15, 0.2) is 5.75 Å². The summed E-state index contributed by atoms with van der Waals surface area (Å²) in [6.07, 6.45) is 1.28. The van der Waals surface area contributed by atoms with Crippen LogP contribution in [0.4, 0.5) is 5.69 Å². The van der Waals surface area contributed by atoms with Gasteiger partial charge in [-0.25, -0.2) is 5.43 Å². The summed E-state index contributed by atoms with van der Waals surface area (Å²) in [5.41, 5.74) is 2.78. The third-order valence-electron chi connectivity index (χ3n) is 2.66. The Morgan fingerprint density at radius 2 is 2.09 bits per heavy atom. The molecule has 0 aromatic heterocycles. The fourth-order valence-corrected chi connectivity index (χ4v) is 2.03. The molecule has 0 radical (unpaired) electrons. The van der Waals surface area contributed by atoms with Crippen LogP contribution in [0, 0.1) is 10.1 Å². The summed E-state index contributed by atoms with van der Waals surface area (Å²) < 4.78 is 0.768. The molecule has 0 heterocycles. The van der Waals surface area contributed by atoms with E-state index < -0.39 is 22.3 Å². The van der Waals surface area contributed by atoms with Crippen molar-refractivity contribution in [3.8, 4) is 5.75 Å². The number of carbonyl (C=O) groups is 1. The number of hydrogen-bond acceptors (Lipinski definition) is 5. The molecule has 0 aliphatic rings. The van der Waals surface area contributed by atoms with Gasteiger partial charge in [0.25, 0.3) is 5.91 Å². The van der Waals surface area contributed by atoms with Crippen LogP contribution in [-0.2, 0) is 0 Å². The van der Waals surface area contributed by atoms with Gasteiger partial charge in [0.2, 0.25) is 0 Å². The smallest absolute Gasteiger partial charge is 0.310 e. The number of nitro benzene ring substituents is 1. The Morgan fingerprint density at radius 1 is 1.32 bits per heavy atom. The van der Waals surface area contributed by atoms with E-state index in [0.29, 0.717) is 11.1 Å². The van der Waals surface area contributed by atoms with Crippen molar-refractivity contribution in [3.63, 3.8) is 0 Å². The van der Waals surface area contributed by atoms with E-state index in [1.54, 1.807) is 24.3 Å². The highest BCUT2D eigenvalue weighted by Gasteiger charge is 2.12. The molecule has 112 valence electrons. The van der Waals surface area contributed by atoms with E-state index in [0.717, 1.165) is 10.5 Å². The lowest BCUT2D eigenvalue weighted by atomic mass is 10.2. The van der Waals surface area contributed by atoms with Gasteiger partial charge >= 0.3 is 5.69 Å². The molecule has 0 fully saturated rings. The highest BCUT2D eigenvalue weighted by atomic mass is 79.9. The van der Waals surface area contributed by atoms with Crippen molar-refractivity contribution in [2.45, 2.75) is 0 Å². The van der Waals surface area contributed by atoms with E-state index in [4.69, 9.17) is 0 Å². The Kier molecular flexibility index (Phi) is 4.84. The van der Waals surface area contributed by atoms with Crippen LogP contribution in [0.1, 0.15) is 15.9 Å². The summed E-state index contributed by atoms with van der Waals surface area (Å²) >= 11 is 3.26. The third-order valence-corrected chi connectivity index (χ3v) is 3.16. The summed E-state index contributed by atoms with van der Waals surface area (Å²) in [5, 5.41) is 23.8. The molecule has 7 nitrogen and oxygen atoms in total. The largest absolute Gasteiger partial charge is 0.502 e. The molecule has 0 bridgehead atoms. The quantitative estimate of drug-likeness (QED) is 0.494. The van der Waals surface area contributed by atoms with Gasteiger partial charge in [0.1, 0.15) is 0 Å². The van der Waals surface area contributed by atoms with Crippen molar-refractivity contribution < 1.29 is 14.8 Å². The highest BCUT2D eigenvalue weighted by molar-refractivity contribution is 9.10. The second-order valence-corrected chi connectivity index (χ2v) is 5.13. The molecule has 8 heteroatoms. The van der Waals surface area contributed by atoms with Gasteiger partial charge in [-0.3, -0.25) is 14.9 Å². The first-order valence-electron chi connectivity index (χ1n) is 6.04. The van der Waals surface area contributed by atoms with Crippen LogP contribution >= 0.6 is 15.9 Å². The zero-order chi connectivity index (χ0) is 16.1. The maximum atomic E-state index is 11.8. The second-order valence-electron chi connectivity index (χ2n) is 4.21. The molecular weight excluding hydrogens is 354 g/mol. The molecule has 2 rings (SSSR count). The number of phenolic OH excluding ortho intramolecular Hbond substituents is 1. The van der Waals surface area contributed by atoms with Crippen molar-refractivity contribution in [1.82, 2.24) is 5.43 Å². The van der Waals surface area contributed by atoms with Crippen LogP contribution in [0.5, 0.6) is 5.75 Å². The van der Waals surface area contributed by atoms with Crippen molar-refractivity contribution in [2.24, 2.45) is 5.10 Å². The van der Waals surface area contributed by atoms with E-state index in [1.807, 2.05) is 0 Å². The summed E-state index contributed by atoms with van der Waals surface area (Å²) in [6, 6.07) is 10.5. The lowest BCUT2D eigenvalue weighted by molar-refractivity contribution is -0.385. The maximum absolute atomic E-state index is 11.8. The van der Waals surface area contributed by atoms with Crippen molar-refractivity contribution in [3.05, 3.63) is 68.2 Å². The minimum Gasteiger partial charge on any atom is -0.502 e. The number of nitrogens with zero attached hydrogens (tertiary/aromatic N) is 2. The zero-order valence-electron chi connectivity index (χ0n) is 11.1. The lowest BCUT2D eigenvalue weighted by Gasteiger charge is -2.00. The first kappa shape index (κ1) is 15.6. The second kappa shape index (κ2) is 6.81. The van der Waals surface area contributed by atoms with E-state index in [9.17, 15) is 20.0 Å². The minimum atomic E-state index is -0.689. The van der Waals surface area contributed by atoms with Crippen LogP contribution in [0.2, 0.25) is 0 Å². The third kappa shape index (κ3) is 3.89. The van der Waals surface area contributed by atoms with Gasteiger partial charge in [0, 0.05) is 16.1 Å². The Balaban J connectivity index is 2.05. The number of phenols is 1.